The first-order valence-electron chi connectivity index (χ1n) is 7.81. The third-order valence-electron chi connectivity index (χ3n) is 3.93. The van der Waals surface area contributed by atoms with Crippen LogP contribution in [-0.4, -0.2) is 5.91 Å². The Bertz CT molecular complexity index is 811. The maximum absolute atomic E-state index is 13.0. The molecule has 1 amide bonds. The molecule has 24 heavy (non-hydrogen) atoms. The topological polar surface area (TPSA) is 29.1 Å². The second-order valence-corrected chi connectivity index (χ2v) is 5.73. The van der Waals surface area contributed by atoms with Crippen LogP contribution in [0.5, 0.6) is 0 Å². The molecule has 0 unspecified atom stereocenters. The summed E-state index contributed by atoms with van der Waals surface area (Å²) in [4.78, 5) is 12.5. The largest absolute Gasteiger partial charge is 0.341 e. The van der Waals surface area contributed by atoms with Crippen LogP contribution in [0.25, 0.3) is 0 Å². The van der Waals surface area contributed by atoms with E-state index in [4.69, 9.17) is 0 Å². The molecule has 0 heterocycles. The second kappa shape index (κ2) is 7.09. The lowest BCUT2D eigenvalue weighted by atomic mass is 9.97. The van der Waals surface area contributed by atoms with Gasteiger partial charge in [-0.1, -0.05) is 60.2 Å². The van der Waals surface area contributed by atoms with Gasteiger partial charge in [-0.2, -0.15) is 0 Å². The maximum atomic E-state index is 13.0. The second-order valence-electron chi connectivity index (χ2n) is 5.73. The lowest BCUT2D eigenvalue weighted by Crippen LogP contribution is -2.29. The highest BCUT2D eigenvalue weighted by molar-refractivity contribution is 5.94. The fourth-order valence-corrected chi connectivity index (χ4v) is 2.58. The van der Waals surface area contributed by atoms with Crippen LogP contribution in [0.4, 0.5) is 4.39 Å². The number of halogens is 1. The smallest absolute Gasteiger partial charge is 0.252 e. The van der Waals surface area contributed by atoms with Gasteiger partial charge in [0.1, 0.15) is 5.82 Å². The maximum Gasteiger partial charge on any atom is 0.252 e. The molecule has 0 saturated carbocycles. The number of rotatable bonds is 4. The summed E-state index contributed by atoms with van der Waals surface area (Å²) < 4.78 is 13.0. The highest BCUT2D eigenvalue weighted by atomic mass is 19.1. The zero-order valence-corrected chi connectivity index (χ0v) is 13.4. The number of benzene rings is 3. The van der Waals surface area contributed by atoms with E-state index in [0.29, 0.717) is 5.56 Å². The number of carbonyl (C=O) groups is 1. The summed E-state index contributed by atoms with van der Waals surface area (Å²) >= 11 is 0. The van der Waals surface area contributed by atoms with Crippen molar-refractivity contribution in [2.45, 2.75) is 13.0 Å². The summed E-state index contributed by atoms with van der Waals surface area (Å²) in [5.74, 6) is -0.589. The van der Waals surface area contributed by atoms with Gasteiger partial charge in [0.15, 0.2) is 0 Å². The van der Waals surface area contributed by atoms with Gasteiger partial charge in [0, 0.05) is 5.56 Å². The Hall–Kier alpha value is -2.94. The molecule has 0 aromatic heterocycles. The predicted octanol–water partition coefficient (Wildman–Crippen LogP) is 4.65. The molecular weight excluding hydrogens is 301 g/mol. The van der Waals surface area contributed by atoms with E-state index in [-0.39, 0.29) is 17.8 Å². The number of carbonyl (C=O) groups excluding carboxylic acids is 1. The zero-order chi connectivity index (χ0) is 16.9. The summed E-state index contributed by atoms with van der Waals surface area (Å²) in [5, 5.41) is 3.04. The van der Waals surface area contributed by atoms with Crippen LogP contribution in [0, 0.1) is 12.7 Å². The summed E-state index contributed by atoms with van der Waals surface area (Å²) in [6.45, 7) is 2.03. The Labute approximate surface area is 141 Å². The van der Waals surface area contributed by atoms with Gasteiger partial charge in [0.25, 0.3) is 5.91 Å². The van der Waals surface area contributed by atoms with Gasteiger partial charge >= 0.3 is 0 Å². The fourth-order valence-electron chi connectivity index (χ4n) is 2.58. The molecule has 0 aliphatic carbocycles. The lowest BCUT2D eigenvalue weighted by molar-refractivity contribution is 0.0943. The monoisotopic (exact) mass is 319 g/mol. The molecule has 120 valence electrons. The van der Waals surface area contributed by atoms with Gasteiger partial charge in [0.2, 0.25) is 0 Å². The fraction of sp³-hybridized carbons (Fsp3) is 0.0952. The zero-order valence-electron chi connectivity index (χ0n) is 13.4. The lowest BCUT2D eigenvalue weighted by Gasteiger charge is -2.20. The van der Waals surface area contributed by atoms with Crippen LogP contribution < -0.4 is 5.32 Å². The van der Waals surface area contributed by atoms with E-state index in [2.05, 4.69) is 5.32 Å². The molecular formula is C21H18FNO. The molecule has 1 N–H and O–H groups in total. The number of aryl methyl sites for hydroxylation is 1. The van der Waals surface area contributed by atoms with Gasteiger partial charge in [-0.3, -0.25) is 4.79 Å². The van der Waals surface area contributed by atoms with E-state index in [1.54, 1.807) is 0 Å². The number of hydrogen-bond acceptors (Lipinski definition) is 1. The van der Waals surface area contributed by atoms with Crippen molar-refractivity contribution >= 4 is 5.91 Å². The van der Waals surface area contributed by atoms with Crippen LogP contribution in [0.15, 0.2) is 78.9 Å². The average Bonchev–Trinajstić information content (AvgIpc) is 2.62. The molecule has 0 spiro atoms. The molecule has 3 aromatic carbocycles. The van der Waals surface area contributed by atoms with Crippen LogP contribution in [-0.2, 0) is 0 Å². The van der Waals surface area contributed by atoms with Crippen molar-refractivity contribution in [2.24, 2.45) is 0 Å². The Morgan fingerprint density at radius 3 is 2.04 bits per heavy atom. The highest BCUT2D eigenvalue weighted by Crippen LogP contribution is 2.23. The first-order valence-corrected chi connectivity index (χ1v) is 7.81. The van der Waals surface area contributed by atoms with E-state index in [9.17, 15) is 9.18 Å². The van der Waals surface area contributed by atoms with Crippen LogP contribution in [0.2, 0.25) is 0 Å². The predicted molar refractivity (Wildman–Crippen MR) is 93.3 cm³/mol. The normalized spacial score (nSPS) is 11.8. The molecule has 3 heteroatoms. The third-order valence-corrected chi connectivity index (χ3v) is 3.93. The molecule has 0 bridgehead atoms. The molecule has 0 aliphatic heterocycles. The molecule has 3 rings (SSSR count). The quantitative estimate of drug-likeness (QED) is 0.745. The third kappa shape index (κ3) is 3.69. The summed E-state index contributed by atoms with van der Waals surface area (Å²) in [5.41, 5.74) is 3.60. The number of amides is 1. The van der Waals surface area contributed by atoms with Gasteiger partial charge < -0.3 is 5.32 Å². The first-order chi connectivity index (χ1) is 11.6. The van der Waals surface area contributed by atoms with Crippen molar-refractivity contribution in [3.05, 3.63) is 107 Å². The van der Waals surface area contributed by atoms with Crippen molar-refractivity contribution in [3.8, 4) is 0 Å². The van der Waals surface area contributed by atoms with Gasteiger partial charge in [-0.15, -0.1) is 0 Å². The minimum Gasteiger partial charge on any atom is -0.341 e. The first kappa shape index (κ1) is 15.9. The number of hydrogen-bond donors (Lipinski definition) is 1. The van der Waals surface area contributed by atoms with Crippen molar-refractivity contribution in [1.82, 2.24) is 5.32 Å². The van der Waals surface area contributed by atoms with E-state index in [1.165, 1.54) is 24.3 Å². The molecule has 1 atom stereocenters. The van der Waals surface area contributed by atoms with E-state index >= 15 is 0 Å². The minimum atomic E-state index is -0.357. The van der Waals surface area contributed by atoms with Crippen molar-refractivity contribution in [2.75, 3.05) is 0 Å². The van der Waals surface area contributed by atoms with Crippen LogP contribution in [0.1, 0.15) is 33.1 Å². The van der Waals surface area contributed by atoms with E-state index in [1.807, 2.05) is 61.5 Å². The van der Waals surface area contributed by atoms with Gasteiger partial charge in [-0.05, 0) is 42.3 Å². The van der Waals surface area contributed by atoms with Crippen LogP contribution >= 0.6 is 0 Å². The molecule has 0 radical (unpaired) electrons. The summed E-state index contributed by atoms with van der Waals surface area (Å²) in [7, 11) is 0. The van der Waals surface area contributed by atoms with Crippen molar-refractivity contribution < 1.29 is 9.18 Å². The van der Waals surface area contributed by atoms with Crippen molar-refractivity contribution in [1.29, 1.82) is 0 Å². The number of nitrogens with one attached hydrogen (secondary N) is 1. The summed E-state index contributed by atoms with van der Waals surface area (Å²) in [6.07, 6.45) is 0. The Balaban J connectivity index is 1.91. The Morgan fingerprint density at radius 2 is 1.42 bits per heavy atom. The molecule has 0 fully saturated rings. The Morgan fingerprint density at radius 1 is 0.833 bits per heavy atom. The SMILES string of the molecule is Cc1ccc([C@@H](NC(=O)c2ccc(F)cc2)c2ccccc2)cc1. The van der Waals surface area contributed by atoms with Gasteiger partial charge in [-0.25, -0.2) is 4.39 Å². The minimum absolute atomic E-state index is 0.232. The molecule has 2 nitrogen and oxygen atoms in total. The molecule has 0 aliphatic rings. The van der Waals surface area contributed by atoms with E-state index < -0.39 is 0 Å². The standard InChI is InChI=1S/C21H18FNO/c1-15-7-9-17(10-8-15)20(16-5-3-2-4-6-16)23-21(24)18-11-13-19(22)14-12-18/h2-14,20H,1H3,(H,23,24)/t20-/m0/s1. The molecule has 3 aromatic rings. The average molecular weight is 319 g/mol. The Kier molecular flexibility index (Phi) is 4.71. The van der Waals surface area contributed by atoms with Crippen molar-refractivity contribution in [3.63, 3.8) is 0 Å². The highest BCUT2D eigenvalue weighted by Gasteiger charge is 2.17. The summed E-state index contributed by atoms with van der Waals surface area (Å²) in [6, 6.07) is 23.2. The van der Waals surface area contributed by atoms with E-state index in [0.717, 1.165) is 16.7 Å². The van der Waals surface area contributed by atoms with Crippen LogP contribution in [0.3, 0.4) is 0 Å². The molecule has 0 saturated heterocycles. The van der Waals surface area contributed by atoms with Gasteiger partial charge in [0.05, 0.1) is 6.04 Å².